The number of rotatable bonds is 4. The minimum absolute atomic E-state index is 0.193. The minimum atomic E-state index is -4.92. The number of nitrogens with one attached hydrogen (secondary N) is 1. The predicted octanol–water partition coefficient (Wildman–Crippen LogP) is 5.72. The summed E-state index contributed by atoms with van der Waals surface area (Å²) in [5.74, 6) is -0.769. The highest BCUT2D eigenvalue weighted by Gasteiger charge is 2.33. The van der Waals surface area contributed by atoms with E-state index in [0.717, 1.165) is 28.1 Å². The van der Waals surface area contributed by atoms with Gasteiger partial charge in [-0.05, 0) is 54.6 Å². The molecule has 3 heterocycles. The van der Waals surface area contributed by atoms with Crippen LogP contribution >= 0.6 is 11.8 Å². The van der Waals surface area contributed by atoms with E-state index < -0.39 is 18.0 Å². The largest absolute Gasteiger partial charge is 0.573 e. The first-order valence-corrected chi connectivity index (χ1v) is 11.6. The summed E-state index contributed by atoms with van der Waals surface area (Å²) in [6.45, 7) is 0.409. The normalized spacial score (nSPS) is 14.9. The van der Waals surface area contributed by atoms with Crippen molar-refractivity contribution in [1.82, 2.24) is 9.47 Å². The van der Waals surface area contributed by atoms with Crippen molar-refractivity contribution in [3.05, 3.63) is 100 Å². The summed E-state index contributed by atoms with van der Waals surface area (Å²) in [5.41, 5.74) is 2.32. The zero-order chi connectivity index (χ0) is 24.6. The molecule has 35 heavy (non-hydrogen) atoms. The first-order valence-electron chi connectivity index (χ1n) is 10.6. The summed E-state index contributed by atoms with van der Waals surface area (Å²) in [6.07, 6.45) is 1.07. The number of aromatic nitrogens is 1. The van der Waals surface area contributed by atoms with Gasteiger partial charge in [0.05, 0.1) is 17.8 Å². The summed E-state index contributed by atoms with van der Waals surface area (Å²) in [4.78, 5) is 28.7. The molecule has 3 aromatic rings. The molecule has 0 saturated carbocycles. The molecule has 0 radical (unpaired) electrons. The van der Waals surface area contributed by atoms with Gasteiger partial charge >= 0.3 is 6.36 Å². The van der Waals surface area contributed by atoms with E-state index in [1.54, 1.807) is 28.8 Å². The second-order valence-electron chi connectivity index (χ2n) is 7.77. The number of alkyl halides is 3. The standard InChI is InChI=1S/C25H18F3N3O3S/c26-25(27,28)34-21-6-2-1-5-19(21)23(32)29-17-9-7-16(8-10-17)24(33)31-14-18-4-3-12-30(18)15-22-20(31)11-13-35-22/h1-12,15H,13-14H2,(H,29,32). The van der Waals surface area contributed by atoms with Crippen molar-refractivity contribution in [2.24, 2.45) is 0 Å². The van der Waals surface area contributed by atoms with Crippen molar-refractivity contribution in [3.63, 3.8) is 0 Å². The van der Waals surface area contributed by atoms with E-state index in [1.807, 2.05) is 35.2 Å². The number of thioether (sulfide) groups is 1. The van der Waals surface area contributed by atoms with E-state index in [4.69, 9.17) is 0 Å². The molecule has 2 amide bonds. The zero-order valence-electron chi connectivity index (χ0n) is 18.1. The molecule has 2 aromatic carbocycles. The molecular weight excluding hydrogens is 479 g/mol. The van der Waals surface area contributed by atoms with E-state index in [9.17, 15) is 22.8 Å². The summed E-state index contributed by atoms with van der Waals surface area (Å²) in [7, 11) is 0. The van der Waals surface area contributed by atoms with Crippen LogP contribution in [0.25, 0.3) is 6.20 Å². The number of hydrogen-bond acceptors (Lipinski definition) is 4. The maximum atomic E-state index is 13.4. The van der Waals surface area contributed by atoms with E-state index in [0.29, 0.717) is 17.8 Å². The molecule has 0 fully saturated rings. The Morgan fingerprint density at radius 3 is 2.54 bits per heavy atom. The fourth-order valence-electron chi connectivity index (χ4n) is 3.89. The van der Waals surface area contributed by atoms with Gasteiger partial charge in [-0.15, -0.1) is 24.9 Å². The van der Waals surface area contributed by atoms with Gasteiger partial charge in [-0.3, -0.25) is 9.59 Å². The number of fused-ring (bicyclic) bond motifs is 2. The van der Waals surface area contributed by atoms with Crippen molar-refractivity contribution in [2.75, 3.05) is 11.1 Å². The topological polar surface area (TPSA) is 63.6 Å². The second kappa shape index (κ2) is 9.03. The Morgan fingerprint density at radius 2 is 1.77 bits per heavy atom. The minimum Gasteiger partial charge on any atom is -0.405 e. The van der Waals surface area contributed by atoms with Crippen molar-refractivity contribution in [1.29, 1.82) is 0 Å². The van der Waals surface area contributed by atoms with Crippen LogP contribution in [0.3, 0.4) is 0 Å². The molecule has 1 aromatic heterocycles. The van der Waals surface area contributed by atoms with Crippen molar-refractivity contribution in [2.45, 2.75) is 12.9 Å². The number of hydrogen-bond donors (Lipinski definition) is 1. The number of carbonyl (C=O) groups excluding carboxylic acids is 2. The lowest BCUT2D eigenvalue weighted by Gasteiger charge is -2.23. The fraction of sp³-hybridized carbons (Fsp3) is 0.120. The zero-order valence-corrected chi connectivity index (χ0v) is 18.9. The van der Waals surface area contributed by atoms with Crippen LogP contribution in [-0.4, -0.2) is 33.4 Å². The van der Waals surface area contributed by atoms with Gasteiger partial charge < -0.3 is 19.5 Å². The summed E-state index contributed by atoms with van der Waals surface area (Å²) >= 11 is 1.66. The number of benzene rings is 2. The lowest BCUT2D eigenvalue weighted by molar-refractivity contribution is -0.274. The van der Waals surface area contributed by atoms with Crippen LogP contribution in [-0.2, 0) is 6.54 Å². The first kappa shape index (κ1) is 22.9. The molecule has 0 aliphatic carbocycles. The van der Waals surface area contributed by atoms with E-state index in [2.05, 4.69) is 10.1 Å². The number of halogens is 3. The van der Waals surface area contributed by atoms with Gasteiger partial charge in [-0.25, -0.2) is 0 Å². The number of anilines is 1. The van der Waals surface area contributed by atoms with Crippen molar-refractivity contribution >= 4 is 35.5 Å². The first-order chi connectivity index (χ1) is 16.8. The molecule has 2 aliphatic heterocycles. The molecule has 178 valence electrons. The lowest BCUT2D eigenvalue weighted by atomic mass is 10.1. The third kappa shape index (κ3) is 4.83. The molecule has 0 saturated heterocycles. The number of ether oxygens (including phenoxy) is 1. The Hall–Kier alpha value is -3.92. The molecule has 0 bridgehead atoms. The van der Waals surface area contributed by atoms with Gasteiger partial charge in [0.15, 0.2) is 0 Å². The fourth-order valence-corrected chi connectivity index (χ4v) is 4.84. The Labute approximate surface area is 202 Å². The van der Waals surface area contributed by atoms with Crippen LogP contribution < -0.4 is 10.1 Å². The average molecular weight is 497 g/mol. The molecule has 0 spiro atoms. The van der Waals surface area contributed by atoms with Crippen LogP contribution in [0.15, 0.2) is 83.5 Å². The SMILES string of the molecule is O=C(Nc1ccc(C(=O)N2Cc3cccn3C=C3SCC=C32)cc1)c1ccccc1OC(F)(F)F. The maximum Gasteiger partial charge on any atom is 0.573 e. The molecule has 1 N–H and O–H groups in total. The van der Waals surface area contributed by atoms with Gasteiger partial charge in [0.2, 0.25) is 0 Å². The van der Waals surface area contributed by atoms with Crippen LogP contribution in [0.5, 0.6) is 5.75 Å². The molecule has 0 atom stereocenters. The molecule has 5 rings (SSSR count). The number of nitrogens with zero attached hydrogens (tertiary/aromatic N) is 2. The molecular formula is C25H18F3N3O3S. The third-order valence-electron chi connectivity index (χ3n) is 5.49. The molecule has 0 unspecified atom stereocenters. The second-order valence-corrected chi connectivity index (χ2v) is 8.83. The molecule has 6 nitrogen and oxygen atoms in total. The third-order valence-corrected chi connectivity index (χ3v) is 6.45. The van der Waals surface area contributed by atoms with Gasteiger partial charge in [0.1, 0.15) is 5.75 Å². The van der Waals surface area contributed by atoms with Crippen molar-refractivity contribution in [3.8, 4) is 5.75 Å². The van der Waals surface area contributed by atoms with Gasteiger partial charge in [-0.1, -0.05) is 12.1 Å². The number of para-hydroxylation sites is 1. The van der Waals surface area contributed by atoms with Gasteiger partial charge in [0, 0.05) is 40.0 Å². The summed E-state index contributed by atoms with van der Waals surface area (Å²) in [5, 5.41) is 2.55. The Bertz CT molecular complexity index is 1360. The monoisotopic (exact) mass is 497 g/mol. The lowest BCUT2D eigenvalue weighted by Crippen LogP contribution is -2.29. The van der Waals surface area contributed by atoms with Gasteiger partial charge in [-0.2, -0.15) is 0 Å². The Kier molecular flexibility index (Phi) is 5.89. The molecule has 10 heteroatoms. The van der Waals surface area contributed by atoms with E-state index in [-0.39, 0.29) is 11.5 Å². The van der Waals surface area contributed by atoms with Crippen LogP contribution in [0.2, 0.25) is 0 Å². The predicted molar refractivity (Wildman–Crippen MR) is 127 cm³/mol. The smallest absolute Gasteiger partial charge is 0.405 e. The maximum absolute atomic E-state index is 13.4. The number of amides is 2. The summed E-state index contributed by atoms with van der Waals surface area (Å²) < 4.78 is 43.9. The average Bonchev–Trinajstić information content (AvgIpc) is 3.44. The quantitative estimate of drug-likeness (QED) is 0.501. The highest BCUT2D eigenvalue weighted by molar-refractivity contribution is 8.03. The molecule has 2 aliphatic rings. The summed E-state index contributed by atoms with van der Waals surface area (Å²) in [6, 6.07) is 15.2. The van der Waals surface area contributed by atoms with Crippen LogP contribution in [0.4, 0.5) is 18.9 Å². The van der Waals surface area contributed by atoms with E-state index >= 15 is 0 Å². The Balaban J connectivity index is 1.33. The number of carbonyl (C=O) groups is 2. The van der Waals surface area contributed by atoms with E-state index in [1.165, 1.54) is 30.3 Å². The van der Waals surface area contributed by atoms with Crippen molar-refractivity contribution < 1.29 is 27.5 Å². The van der Waals surface area contributed by atoms with Gasteiger partial charge in [0.25, 0.3) is 11.8 Å². The Morgan fingerprint density at radius 1 is 1.00 bits per heavy atom. The highest BCUT2D eigenvalue weighted by atomic mass is 32.2. The van der Waals surface area contributed by atoms with Crippen LogP contribution in [0, 0.1) is 0 Å². The highest BCUT2D eigenvalue weighted by Crippen LogP contribution is 2.38. The van der Waals surface area contributed by atoms with Crippen LogP contribution in [0.1, 0.15) is 26.4 Å².